The third-order valence-electron chi connectivity index (χ3n) is 4.47. The minimum Gasteiger partial charge on any atom is -0.485 e. The second-order valence-electron chi connectivity index (χ2n) is 6.75. The molecule has 0 aliphatic heterocycles. The molecule has 3 rings (SSSR count). The summed E-state index contributed by atoms with van der Waals surface area (Å²) in [5.41, 5.74) is 2.31. The van der Waals surface area contributed by atoms with Crippen LogP contribution in [0.15, 0.2) is 35.1 Å². The highest BCUT2D eigenvalue weighted by Crippen LogP contribution is 2.35. The van der Waals surface area contributed by atoms with E-state index in [-0.39, 0.29) is 11.6 Å². The molecule has 0 radical (unpaired) electrons. The molecular weight excluding hydrogens is 531 g/mol. The van der Waals surface area contributed by atoms with Crippen LogP contribution in [0.5, 0.6) is 5.75 Å². The number of aryl methyl sites for hydroxylation is 1. The van der Waals surface area contributed by atoms with Crippen molar-refractivity contribution < 1.29 is 17.9 Å². The summed E-state index contributed by atoms with van der Waals surface area (Å²) in [5.74, 6) is 0.0552. The Labute approximate surface area is 198 Å². The number of benzene rings is 1. The number of hydrogen-bond donors (Lipinski definition) is 1. The smallest absolute Gasteiger partial charge is 0.241 e. The van der Waals surface area contributed by atoms with Crippen molar-refractivity contribution in [1.82, 2.24) is 14.1 Å². The molecule has 12 heteroatoms. The maximum Gasteiger partial charge on any atom is 0.241 e. The Morgan fingerprint density at radius 1 is 1.32 bits per heavy atom. The van der Waals surface area contributed by atoms with Crippen molar-refractivity contribution in [1.29, 1.82) is 0 Å². The van der Waals surface area contributed by atoms with E-state index in [9.17, 15) is 13.2 Å². The van der Waals surface area contributed by atoms with E-state index in [4.69, 9.17) is 27.9 Å². The predicted octanol–water partition coefficient (Wildman–Crippen LogP) is 3.80. The average molecular weight is 550 g/mol. The monoisotopic (exact) mass is 548 g/mol. The summed E-state index contributed by atoms with van der Waals surface area (Å²) in [5, 5.41) is 0.604. The van der Waals surface area contributed by atoms with Crippen LogP contribution in [-0.2, 0) is 21.4 Å². The van der Waals surface area contributed by atoms with Crippen LogP contribution < -0.4 is 14.4 Å². The Kier molecular flexibility index (Phi) is 7.17. The van der Waals surface area contributed by atoms with Gasteiger partial charge in [0.25, 0.3) is 0 Å². The molecule has 0 saturated heterocycles. The number of hydrogen-bond acceptors (Lipinski definition) is 5. The van der Waals surface area contributed by atoms with E-state index in [1.54, 1.807) is 18.2 Å². The maximum absolute atomic E-state index is 12.4. The van der Waals surface area contributed by atoms with Crippen LogP contribution in [0.3, 0.4) is 0 Å². The highest BCUT2D eigenvalue weighted by atomic mass is 79.9. The fraction of sp³-hybridized carbons (Fsp3) is 0.263. The molecule has 31 heavy (non-hydrogen) atoms. The van der Waals surface area contributed by atoms with Gasteiger partial charge in [0.05, 0.1) is 29.2 Å². The molecule has 0 unspecified atom stereocenters. The van der Waals surface area contributed by atoms with Crippen LogP contribution >= 0.6 is 39.1 Å². The van der Waals surface area contributed by atoms with Gasteiger partial charge in [-0.25, -0.2) is 18.1 Å². The standard InChI is InChI=1S/C19H19BrCl2N4O4S/c1-11-18(20)26-8-4-5-15(19(26)24-11)30-10-12-13(21)6-7-14(17(12)22)25(2)16(27)9-23-31(3,28)29/h4-8,23H,9-10H2,1-3H3. The van der Waals surface area contributed by atoms with Crippen LogP contribution in [0.1, 0.15) is 11.3 Å². The van der Waals surface area contributed by atoms with Gasteiger partial charge in [-0.2, -0.15) is 0 Å². The summed E-state index contributed by atoms with van der Waals surface area (Å²) in [6, 6.07) is 6.80. The molecule has 1 N–H and O–H groups in total. The zero-order chi connectivity index (χ0) is 22.9. The van der Waals surface area contributed by atoms with Gasteiger partial charge in [0.2, 0.25) is 15.9 Å². The van der Waals surface area contributed by atoms with E-state index in [2.05, 4.69) is 25.6 Å². The van der Waals surface area contributed by atoms with Crippen molar-refractivity contribution in [3.8, 4) is 5.75 Å². The molecule has 0 aliphatic rings. The van der Waals surface area contributed by atoms with Gasteiger partial charge in [0, 0.05) is 23.8 Å². The Morgan fingerprint density at radius 2 is 2.03 bits per heavy atom. The fourth-order valence-corrected chi connectivity index (χ4v) is 4.18. The third kappa shape index (κ3) is 5.32. The maximum atomic E-state index is 12.4. The average Bonchev–Trinajstić information content (AvgIpc) is 3.00. The van der Waals surface area contributed by atoms with E-state index in [1.165, 1.54) is 11.9 Å². The number of carbonyl (C=O) groups is 1. The van der Waals surface area contributed by atoms with Crippen molar-refractivity contribution in [2.45, 2.75) is 13.5 Å². The molecule has 1 aromatic carbocycles. The minimum absolute atomic E-state index is 0.0400. The SMILES string of the molecule is Cc1nc2c(OCc3c(Cl)ccc(N(C)C(=O)CNS(C)(=O)=O)c3Cl)cccn2c1Br. The van der Waals surface area contributed by atoms with Gasteiger partial charge in [-0.1, -0.05) is 23.2 Å². The van der Waals surface area contributed by atoms with Crippen molar-refractivity contribution >= 4 is 66.4 Å². The zero-order valence-electron chi connectivity index (χ0n) is 16.8. The first-order chi connectivity index (χ1) is 14.5. The quantitative estimate of drug-likeness (QED) is 0.484. The van der Waals surface area contributed by atoms with Gasteiger partial charge >= 0.3 is 0 Å². The number of halogens is 3. The molecule has 0 fully saturated rings. The number of nitrogens with zero attached hydrogens (tertiary/aromatic N) is 3. The van der Waals surface area contributed by atoms with Gasteiger partial charge in [-0.3, -0.25) is 9.20 Å². The molecule has 1 amide bonds. The predicted molar refractivity (Wildman–Crippen MR) is 125 cm³/mol. The van der Waals surface area contributed by atoms with E-state index in [0.717, 1.165) is 16.6 Å². The molecule has 8 nitrogen and oxygen atoms in total. The minimum atomic E-state index is -3.50. The van der Waals surface area contributed by atoms with Gasteiger partial charge < -0.3 is 9.64 Å². The van der Waals surface area contributed by atoms with Crippen molar-refractivity contribution in [2.75, 3.05) is 24.7 Å². The Balaban J connectivity index is 1.85. The highest BCUT2D eigenvalue weighted by molar-refractivity contribution is 9.10. The summed E-state index contributed by atoms with van der Waals surface area (Å²) in [4.78, 5) is 18.1. The molecule has 0 saturated carbocycles. The summed E-state index contributed by atoms with van der Waals surface area (Å²) in [7, 11) is -2.00. The van der Waals surface area contributed by atoms with Crippen molar-refractivity contribution in [3.63, 3.8) is 0 Å². The molecule has 0 spiro atoms. The second-order valence-corrected chi connectivity index (χ2v) is 10.1. The van der Waals surface area contributed by atoms with E-state index >= 15 is 0 Å². The number of likely N-dealkylation sites (N-methyl/N-ethyl adjacent to an activating group) is 1. The van der Waals surface area contributed by atoms with Crippen molar-refractivity contribution in [2.24, 2.45) is 0 Å². The van der Waals surface area contributed by atoms with Crippen LogP contribution in [-0.4, -0.2) is 43.6 Å². The summed E-state index contributed by atoms with van der Waals surface area (Å²) in [6.45, 7) is 1.53. The van der Waals surface area contributed by atoms with Crippen LogP contribution in [0.4, 0.5) is 5.69 Å². The lowest BCUT2D eigenvalue weighted by molar-refractivity contribution is -0.117. The number of carbonyl (C=O) groups excluding carboxylic acids is 1. The molecule has 166 valence electrons. The van der Waals surface area contributed by atoms with Gasteiger partial charge in [-0.05, 0) is 47.1 Å². The normalized spacial score (nSPS) is 11.7. The number of imidazole rings is 1. The molecule has 2 heterocycles. The number of sulfonamides is 1. The highest BCUT2D eigenvalue weighted by Gasteiger charge is 2.20. The number of amides is 1. The summed E-state index contributed by atoms with van der Waals surface area (Å²) in [6.07, 6.45) is 2.84. The van der Waals surface area contributed by atoms with E-state index in [0.29, 0.717) is 27.7 Å². The number of pyridine rings is 1. The second kappa shape index (κ2) is 9.33. The van der Waals surface area contributed by atoms with Gasteiger partial charge in [-0.15, -0.1) is 0 Å². The fourth-order valence-electron chi connectivity index (χ4n) is 2.81. The van der Waals surface area contributed by atoms with Crippen LogP contribution in [0.25, 0.3) is 5.65 Å². The van der Waals surface area contributed by atoms with Crippen LogP contribution in [0, 0.1) is 6.92 Å². The lowest BCUT2D eigenvalue weighted by Gasteiger charge is -2.21. The van der Waals surface area contributed by atoms with E-state index in [1.807, 2.05) is 23.6 Å². The number of nitrogens with one attached hydrogen (secondary N) is 1. The number of ether oxygens (including phenoxy) is 1. The molecule has 2 aromatic heterocycles. The number of fused-ring (bicyclic) bond motifs is 1. The molecule has 0 bridgehead atoms. The lowest BCUT2D eigenvalue weighted by Crippen LogP contribution is -2.37. The number of anilines is 1. The topological polar surface area (TPSA) is 93.0 Å². The first kappa shape index (κ1) is 23.8. The third-order valence-corrected chi connectivity index (χ3v) is 6.87. The zero-order valence-corrected chi connectivity index (χ0v) is 20.7. The van der Waals surface area contributed by atoms with Crippen molar-refractivity contribution in [3.05, 3.63) is 56.4 Å². The number of aromatic nitrogens is 2. The Hall–Kier alpha value is -1.85. The molecule has 0 aliphatic carbocycles. The van der Waals surface area contributed by atoms with Gasteiger partial charge in [0.1, 0.15) is 11.2 Å². The lowest BCUT2D eigenvalue weighted by atomic mass is 10.2. The Morgan fingerprint density at radius 3 is 2.71 bits per heavy atom. The molecule has 3 aromatic rings. The summed E-state index contributed by atoms with van der Waals surface area (Å²) < 4.78 is 33.3. The largest absolute Gasteiger partial charge is 0.485 e. The molecule has 0 atom stereocenters. The summed E-state index contributed by atoms with van der Waals surface area (Å²) >= 11 is 16.4. The molecular formula is C19H19BrCl2N4O4S. The Bertz CT molecular complexity index is 1260. The first-order valence-electron chi connectivity index (χ1n) is 8.93. The van der Waals surface area contributed by atoms with Gasteiger partial charge in [0.15, 0.2) is 11.4 Å². The first-order valence-corrected chi connectivity index (χ1v) is 12.4. The van der Waals surface area contributed by atoms with E-state index < -0.39 is 22.5 Å². The van der Waals surface area contributed by atoms with Crippen LogP contribution in [0.2, 0.25) is 10.0 Å². The number of rotatable bonds is 7.